The van der Waals surface area contributed by atoms with E-state index < -0.39 is 5.97 Å². The summed E-state index contributed by atoms with van der Waals surface area (Å²) in [6.45, 7) is 4.57. The smallest absolute Gasteiger partial charge is 0.307 e. The second kappa shape index (κ2) is 21.2. The molecular weight excluding hydrogens is 488 g/mol. The number of benzene rings is 1. The molecule has 39 heavy (non-hydrogen) atoms. The molecule has 0 saturated carbocycles. The first kappa shape index (κ1) is 32.6. The van der Waals surface area contributed by atoms with Crippen LogP contribution in [0.5, 0.6) is 5.75 Å². The van der Waals surface area contributed by atoms with Crippen LogP contribution in [0.2, 0.25) is 0 Å². The normalized spacial score (nSPS) is 11.1. The maximum Gasteiger partial charge on any atom is 0.307 e. The Kier molecular flexibility index (Phi) is 17.7. The van der Waals surface area contributed by atoms with Crippen LogP contribution in [-0.4, -0.2) is 28.5 Å². The number of carbonyl (C=O) groups excluding carboxylic acids is 1. The van der Waals surface area contributed by atoms with Crippen LogP contribution in [0.4, 0.5) is 0 Å². The number of carboxylic acids is 1. The Morgan fingerprint density at radius 2 is 1.44 bits per heavy atom. The zero-order valence-corrected chi connectivity index (χ0v) is 24.5. The molecule has 0 unspecified atom stereocenters. The van der Waals surface area contributed by atoms with Gasteiger partial charge in [-0.15, -0.1) is 0 Å². The van der Waals surface area contributed by atoms with E-state index in [1.54, 1.807) is 12.1 Å². The number of aliphatic carboxylic acids is 1. The highest BCUT2D eigenvalue weighted by Crippen LogP contribution is 2.14. The lowest BCUT2D eigenvalue weighted by atomic mass is 10.1. The van der Waals surface area contributed by atoms with Crippen molar-refractivity contribution < 1.29 is 24.0 Å². The Morgan fingerprint density at radius 3 is 2.05 bits per heavy atom. The topological polar surface area (TPSA) is 72.4 Å². The number of hydrogen-bond donors (Lipinski definition) is 1. The number of hydrogen-bond acceptors (Lipinski definition) is 3. The molecule has 0 aliphatic rings. The van der Waals surface area contributed by atoms with Crippen LogP contribution in [0.3, 0.4) is 0 Å². The second-order valence-corrected chi connectivity index (χ2v) is 10.8. The number of aldehydes is 1. The summed E-state index contributed by atoms with van der Waals surface area (Å²) in [5, 5.41) is 9.14. The van der Waals surface area contributed by atoms with E-state index in [4.69, 9.17) is 9.84 Å². The molecule has 2 aromatic rings. The zero-order valence-electron chi connectivity index (χ0n) is 24.5. The van der Waals surface area contributed by atoms with Crippen LogP contribution in [0.15, 0.2) is 36.7 Å². The third-order valence-corrected chi connectivity index (χ3v) is 7.49. The monoisotopic (exact) mass is 541 g/mol. The summed E-state index contributed by atoms with van der Waals surface area (Å²) in [6, 6.07) is 7.28. The molecular formula is C33H53N2O4+. The molecule has 0 radical (unpaired) electrons. The van der Waals surface area contributed by atoms with Crippen molar-refractivity contribution in [2.24, 2.45) is 0 Å². The number of rotatable bonds is 25. The number of ether oxygens (including phenoxy) is 1. The number of carboxylic acid groups (broad SMARTS) is 1. The Morgan fingerprint density at radius 1 is 0.846 bits per heavy atom. The summed E-state index contributed by atoms with van der Waals surface area (Å²) in [7, 11) is 0. The molecule has 218 valence electrons. The van der Waals surface area contributed by atoms with Gasteiger partial charge in [0.15, 0.2) is 0 Å². The minimum Gasteiger partial charge on any atom is -0.494 e. The van der Waals surface area contributed by atoms with E-state index in [0.717, 1.165) is 38.0 Å². The van der Waals surface area contributed by atoms with Gasteiger partial charge in [0.2, 0.25) is 0 Å². The van der Waals surface area contributed by atoms with Crippen LogP contribution >= 0.6 is 0 Å². The van der Waals surface area contributed by atoms with Crippen molar-refractivity contribution in [3.05, 3.63) is 48.0 Å². The molecule has 1 aromatic heterocycles. The predicted octanol–water partition coefficient (Wildman–Crippen LogP) is 7.95. The SMILES string of the molecule is CCCCCCCCCCc1n(CCC(=O)O)cc[n+]1CCCCCCCCCCOc1ccc(C=O)cc1. The fourth-order valence-corrected chi connectivity index (χ4v) is 5.10. The summed E-state index contributed by atoms with van der Waals surface area (Å²) < 4.78 is 10.3. The van der Waals surface area contributed by atoms with E-state index >= 15 is 0 Å². The van der Waals surface area contributed by atoms with Gasteiger partial charge in [-0.25, -0.2) is 9.13 Å². The fraction of sp³-hybridized carbons (Fsp3) is 0.667. The van der Waals surface area contributed by atoms with E-state index in [1.165, 1.54) is 102 Å². The van der Waals surface area contributed by atoms with Gasteiger partial charge < -0.3 is 9.84 Å². The quantitative estimate of drug-likeness (QED) is 0.0786. The van der Waals surface area contributed by atoms with Crippen LogP contribution in [-0.2, 0) is 24.3 Å². The van der Waals surface area contributed by atoms with Gasteiger partial charge in [0.05, 0.1) is 19.6 Å². The highest BCUT2D eigenvalue weighted by Gasteiger charge is 2.17. The Labute approximate surface area is 236 Å². The number of unbranched alkanes of at least 4 members (excludes halogenated alkanes) is 14. The number of aromatic nitrogens is 2. The number of imidazole rings is 1. The second-order valence-electron chi connectivity index (χ2n) is 10.8. The van der Waals surface area contributed by atoms with E-state index in [0.29, 0.717) is 12.1 Å². The predicted molar refractivity (Wildman–Crippen MR) is 157 cm³/mol. The van der Waals surface area contributed by atoms with Gasteiger partial charge in [0.25, 0.3) is 5.82 Å². The lowest BCUT2D eigenvalue weighted by Crippen LogP contribution is -2.37. The van der Waals surface area contributed by atoms with Gasteiger partial charge in [-0.2, -0.15) is 0 Å². The van der Waals surface area contributed by atoms with Crippen molar-refractivity contribution in [2.75, 3.05) is 6.61 Å². The van der Waals surface area contributed by atoms with Gasteiger partial charge in [-0.1, -0.05) is 84.0 Å². The summed E-state index contributed by atoms with van der Waals surface area (Å²) in [4.78, 5) is 21.8. The molecule has 1 N–H and O–H groups in total. The molecule has 0 aliphatic carbocycles. The summed E-state index contributed by atoms with van der Waals surface area (Å²) in [6.07, 6.45) is 26.5. The highest BCUT2D eigenvalue weighted by molar-refractivity contribution is 5.74. The first-order valence-corrected chi connectivity index (χ1v) is 15.6. The first-order valence-electron chi connectivity index (χ1n) is 15.6. The maximum atomic E-state index is 11.1. The van der Waals surface area contributed by atoms with Crippen LogP contribution in [0.25, 0.3) is 0 Å². The van der Waals surface area contributed by atoms with E-state index in [9.17, 15) is 9.59 Å². The van der Waals surface area contributed by atoms with Crippen LogP contribution in [0, 0.1) is 0 Å². The van der Waals surface area contributed by atoms with Gasteiger partial charge >= 0.3 is 5.97 Å². The average Bonchev–Trinajstić information content (AvgIpc) is 3.33. The van der Waals surface area contributed by atoms with E-state index in [2.05, 4.69) is 28.5 Å². The van der Waals surface area contributed by atoms with Crippen LogP contribution < -0.4 is 9.30 Å². The molecule has 0 aliphatic heterocycles. The van der Waals surface area contributed by atoms with Crippen molar-refractivity contribution >= 4 is 12.3 Å². The van der Waals surface area contributed by atoms with Crippen molar-refractivity contribution in [1.82, 2.24) is 4.57 Å². The first-order chi connectivity index (χ1) is 19.1. The number of aryl methyl sites for hydroxylation is 2. The van der Waals surface area contributed by atoms with Gasteiger partial charge in [-0.05, 0) is 49.9 Å². The van der Waals surface area contributed by atoms with Crippen LogP contribution in [0.1, 0.15) is 132 Å². The zero-order chi connectivity index (χ0) is 28.0. The minimum atomic E-state index is -0.730. The molecule has 6 heteroatoms. The Hall–Kier alpha value is -2.63. The lowest BCUT2D eigenvalue weighted by Gasteiger charge is -2.07. The number of carbonyl (C=O) groups is 2. The van der Waals surface area contributed by atoms with Gasteiger partial charge in [0.1, 0.15) is 31.0 Å². The molecule has 2 rings (SSSR count). The Balaban J connectivity index is 1.56. The van der Waals surface area contributed by atoms with Gasteiger partial charge in [-0.3, -0.25) is 9.59 Å². The van der Waals surface area contributed by atoms with Crippen molar-refractivity contribution in [2.45, 2.75) is 136 Å². The average molecular weight is 542 g/mol. The van der Waals surface area contributed by atoms with E-state index in [-0.39, 0.29) is 6.42 Å². The fourth-order valence-electron chi connectivity index (χ4n) is 5.10. The molecule has 0 saturated heterocycles. The molecule has 0 fully saturated rings. The molecule has 6 nitrogen and oxygen atoms in total. The highest BCUT2D eigenvalue weighted by atomic mass is 16.5. The Bertz CT molecular complexity index is 907. The van der Waals surface area contributed by atoms with Crippen molar-refractivity contribution in [3.63, 3.8) is 0 Å². The molecule has 0 amide bonds. The molecule has 1 heterocycles. The molecule has 0 bridgehead atoms. The molecule has 0 spiro atoms. The van der Waals surface area contributed by atoms with Crippen molar-refractivity contribution in [3.8, 4) is 5.75 Å². The van der Waals surface area contributed by atoms with Crippen molar-refractivity contribution in [1.29, 1.82) is 0 Å². The largest absolute Gasteiger partial charge is 0.494 e. The summed E-state index contributed by atoms with van der Waals surface area (Å²) in [5.74, 6) is 1.40. The molecule has 0 atom stereocenters. The third-order valence-electron chi connectivity index (χ3n) is 7.49. The summed E-state index contributed by atoms with van der Waals surface area (Å²) >= 11 is 0. The third kappa shape index (κ3) is 14.9. The standard InChI is InChI=1S/C33H52N2O4/c1-2-3-4-5-6-9-12-15-18-32-34(26-27-35(32)25-23-33(37)38)24-16-13-10-7-8-11-14-17-28-39-31-21-19-30(29-36)20-22-31/h19-22,26-27,29H,2-18,23-25,28H2,1H3/p+1. The minimum absolute atomic E-state index is 0.180. The number of nitrogens with zero attached hydrogens (tertiary/aromatic N) is 2. The lowest BCUT2D eigenvalue weighted by molar-refractivity contribution is -0.704. The molecule has 1 aromatic carbocycles. The van der Waals surface area contributed by atoms with E-state index in [1.807, 2.05) is 12.1 Å². The maximum absolute atomic E-state index is 11.1. The summed E-state index contributed by atoms with van der Waals surface area (Å²) in [5.41, 5.74) is 0.675. The van der Waals surface area contributed by atoms with Gasteiger partial charge in [0, 0.05) is 12.0 Å².